The summed E-state index contributed by atoms with van der Waals surface area (Å²) in [7, 11) is 0. The molecule has 0 aliphatic rings. The van der Waals surface area contributed by atoms with E-state index in [0.29, 0.717) is 23.4 Å². The number of carboxylic acid groups (broad SMARTS) is 1. The van der Waals surface area contributed by atoms with Crippen molar-refractivity contribution in [2.45, 2.75) is 12.8 Å². The predicted octanol–water partition coefficient (Wildman–Crippen LogP) is 2.71. The molecule has 3 aromatic rings. The minimum Gasteiger partial charge on any atom is -0.478 e. The Balaban J connectivity index is 1.80. The molecule has 1 aromatic carbocycles. The van der Waals surface area contributed by atoms with E-state index in [4.69, 9.17) is 9.52 Å². The topological polar surface area (TPSA) is 76.2 Å². The number of fused-ring (bicyclic) bond motifs is 1. The molecule has 3 rings (SSSR count). The molecule has 0 spiro atoms. The fourth-order valence-electron chi connectivity index (χ4n) is 2.01. The molecule has 0 atom stereocenters. The molecule has 2 heterocycles. The second-order valence-electron chi connectivity index (χ2n) is 4.46. The highest BCUT2D eigenvalue weighted by atomic mass is 16.4. The zero-order valence-electron chi connectivity index (χ0n) is 10.6. The second kappa shape index (κ2) is 5.13. The van der Waals surface area contributed by atoms with Crippen LogP contribution < -0.4 is 0 Å². The number of nitrogens with zero attached hydrogens (tertiary/aromatic N) is 2. The Morgan fingerprint density at radius 1 is 1.25 bits per heavy atom. The Bertz CT molecular complexity index is 750. The summed E-state index contributed by atoms with van der Waals surface area (Å²) in [6, 6.07) is 8.56. The number of carboxylic acids is 1. The summed E-state index contributed by atoms with van der Waals surface area (Å²) >= 11 is 0. The van der Waals surface area contributed by atoms with Crippen LogP contribution in [0.15, 0.2) is 47.1 Å². The van der Waals surface area contributed by atoms with Crippen molar-refractivity contribution in [2.24, 2.45) is 0 Å². The zero-order chi connectivity index (χ0) is 13.9. The van der Waals surface area contributed by atoms with E-state index in [9.17, 15) is 4.79 Å². The van der Waals surface area contributed by atoms with E-state index in [1.807, 2.05) is 18.3 Å². The van der Waals surface area contributed by atoms with Crippen molar-refractivity contribution in [1.82, 2.24) is 9.97 Å². The van der Waals surface area contributed by atoms with Crippen molar-refractivity contribution in [2.75, 3.05) is 0 Å². The van der Waals surface area contributed by atoms with Gasteiger partial charge in [-0.1, -0.05) is 6.07 Å². The van der Waals surface area contributed by atoms with Crippen LogP contribution in [-0.2, 0) is 12.8 Å². The van der Waals surface area contributed by atoms with E-state index < -0.39 is 5.97 Å². The van der Waals surface area contributed by atoms with Crippen molar-refractivity contribution in [3.63, 3.8) is 0 Å². The summed E-state index contributed by atoms with van der Waals surface area (Å²) in [5.74, 6) is -0.363. The second-order valence-corrected chi connectivity index (χ2v) is 4.46. The first kappa shape index (κ1) is 12.3. The smallest absolute Gasteiger partial charge is 0.335 e. The third-order valence-electron chi connectivity index (χ3n) is 3.03. The quantitative estimate of drug-likeness (QED) is 0.787. The number of carbonyl (C=O) groups is 1. The maximum absolute atomic E-state index is 10.9. The number of hydrogen-bond donors (Lipinski definition) is 1. The van der Waals surface area contributed by atoms with E-state index in [2.05, 4.69) is 9.97 Å². The lowest BCUT2D eigenvalue weighted by Crippen LogP contribution is -1.94. The highest BCUT2D eigenvalue weighted by Gasteiger charge is 2.09. The van der Waals surface area contributed by atoms with Gasteiger partial charge < -0.3 is 9.52 Å². The average Bonchev–Trinajstić information content (AvgIpc) is 2.88. The summed E-state index contributed by atoms with van der Waals surface area (Å²) < 4.78 is 5.60. The van der Waals surface area contributed by atoms with E-state index in [1.165, 1.54) is 12.1 Å². The van der Waals surface area contributed by atoms with Gasteiger partial charge in [-0.25, -0.2) is 9.78 Å². The molecule has 0 fully saturated rings. The SMILES string of the molecule is O=C(O)c1ccc2oc(CCc3cccnc3)nc2c1. The van der Waals surface area contributed by atoms with Gasteiger partial charge in [-0.15, -0.1) is 0 Å². The summed E-state index contributed by atoms with van der Waals surface area (Å²) in [6.45, 7) is 0. The first-order valence-corrected chi connectivity index (χ1v) is 6.24. The molecule has 1 N–H and O–H groups in total. The van der Waals surface area contributed by atoms with E-state index >= 15 is 0 Å². The number of aryl methyl sites for hydroxylation is 2. The molecule has 0 bridgehead atoms. The largest absolute Gasteiger partial charge is 0.478 e. The lowest BCUT2D eigenvalue weighted by atomic mass is 10.1. The summed E-state index contributed by atoms with van der Waals surface area (Å²) in [6.07, 6.45) is 4.98. The van der Waals surface area contributed by atoms with Crippen LogP contribution in [0.1, 0.15) is 21.8 Å². The number of hydrogen-bond acceptors (Lipinski definition) is 4. The Morgan fingerprint density at radius 2 is 2.15 bits per heavy atom. The molecule has 0 aliphatic carbocycles. The third-order valence-corrected chi connectivity index (χ3v) is 3.03. The fraction of sp³-hybridized carbons (Fsp3) is 0.133. The summed E-state index contributed by atoms with van der Waals surface area (Å²) in [4.78, 5) is 19.3. The Hall–Kier alpha value is -2.69. The molecule has 0 saturated heterocycles. The maximum atomic E-state index is 10.9. The van der Waals surface area contributed by atoms with E-state index in [0.717, 1.165) is 12.0 Å². The van der Waals surface area contributed by atoms with Crippen molar-refractivity contribution in [1.29, 1.82) is 0 Å². The lowest BCUT2D eigenvalue weighted by molar-refractivity contribution is 0.0697. The van der Waals surface area contributed by atoms with Crippen LogP contribution >= 0.6 is 0 Å². The van der Waals surface area contributed by atoms with Crippen LogP contribution in [0, 0.1) is 0 Å². The lowest BCUT2D eigenvalue weighted by Gasteiger charge is -1.96. The van der Waals surface area contributed by atoms with Gasteiger partial charge in [-0.2, -0.15) is 0 Å². The number of aromatic carboxylic acids is 1. The number of aromatic nitrogens is 2. The summed E-state index contributed by atoms with van der Waals surface area (Å²) in [5, 5.41) is 8.94. The van der Waals surface area contributed by atoms with Gasteiger partial charge in [0.25, 0.3) is 0 Å². The fourth-order valence-corrected chi connectivity index (χ4v) is 2.01. The molecule has 20 heavy (non-hydrogen) atoms. The first-order valence-electron chi connectivity index (χ1n) is 6.24. The van der Waals surface area contributed by atoms with Crippen LogP contribution in [0.5, 0.6) is 0 Å². The third kappa shape index (κ3) is 2.51. The van der Waals surface area contributed by atoms with Crippen LogP contribution in [0.3, 0.4) is 0 Å². The molecule has 0 saturated carbocycles. The van der Waals surface area contributed by atoms with Crippen LogP contribution in [0.25, 0.3) is 11.1 Å². The van der Waals surface area contributed by atoms with Gasteiger partial charge in [0.1, 0.15) is 5.52 Å². The van der Waals surface area contributed by atoms with Gasteiger partial charge in [0.15, 0.2) is 11.5 Å². The van der Waals surface area contributed by atoms with Crippen molar-refractivity contribution in [3.8, 4) is 0 Å². The molecule has 0 radical (unpaired) electrons. The standard InChI is InChI=1S/C15H12N2O3/c18-15(19)11-4-5-13-12(8-11)17-14(20-13)6-3-10-2-1-7-16-9-10/h1-2,4-5,7-9H,3,6H2,(H,18,19). The monoisotopic (exact) mass is 268 g/mol. The molecule has 100 valence electrons. The Kier molecular flexibility index (Phi) is 3.16. The number of pyridine rings is 1. The van der Waals surface area contributed by atoms with Gasteiger partial charge in [0.2, 0.25) is 0 Å². The molecule has 5 nitrogen and oxygen atoms in total. The van der Waals surface area contributed by atoms with Crippen LogP contribution in [0.2, 0.25) is 0 Å². The number of rotatable bonds is 4. The molecule has 0 aliphatic heterocycles. The van der Waals surface area contributed by atoms with Gasteiger partial charge in [0, 0.05) is 18.8 Å². The number of benzene rings is 1. The highest BCUT2D eigenvalue weighted by Crippen LogP contribution is 2.18. The highest BCUT2D eigenvalue weighted by molar-refractivity contribution is 5.91. The van der Waals surface area contributed by atoms with E-state index in [1.54, 1.807) is 12.3 Å². The van der Waals surface area contributed by atoms with E-state index in [-0.39, 0.29) is 5.56 Å². The molecule has 0 amide bonds. The van der Waals surface area contributed by atoms with Crippen LogP contribution in [-0.4, -0.2) is 21.0 Å². The predicted molar refractivity (Wildman–Crippen MR) is 72.6 cm³/mol. The molecule has 0 unspecified atom stereocenters. The molecular formula is C15H12N2O3. The van der Waals surface area contributed by atoms with Gasteiger partial charge in [-0.3, -0.25) is 4.98 Å². The average molecular weight is 268 g/mol. The Morgan fingerprint density at radius 3 is 2.90 bits per heavy atom. The van der Waals surface area contributed by atoms with Crippen molar-refractivity contribution in [3.05, 3.63) is 59.7 Å². The Labute approximate surface area is 114 Å². The molecule has 5 heteroatoms. The van der Waals surface area contributed by atoms with Crippen LogP contribution in [0.4, 0.5) is 0 Å². The van der Waals surface area contributed by atoms with Gasteiger partial charge >= 0.3 is 5.97 Å². The van der Waals surface area contributed by atoms with Crippen molar-refractivity contribution >= 4 is 17.1 Å². The zero-order valence-corrected chi connectivity index (χ0v) is 10.6. The number of oxazole rings is 1. The maximum Gasteiger partial charge on any atom is 0.335 e. The summed E-state index contributed by atoms with van der Waals surface area (Å²) in [5.41, 5.74) is 2.51. The molecule has 2 aromatic heterocycles. The van der Waals surface area contributed by atoms with Crippen molar-refractivity contribution < 1.29 is 14.3 Å². The van der Waals surface area contributed by atoms with Gasteiger partial charge in [-0.05, 0) is 36.2 Å². The first-order chi connectivity index (χ1) is 9.72. The molecular weight excluding hydrogens is 256 g/mol. The normalized spacial score (nSPS) is 10.8. The minimum atomic E-state index is -0.966. The minimum absolute atomic E-state index is 0.213. The van der Waals surface area contributed by atoms with Gasteiger partial charge in [0.05, 0.1) is 5.56 Å².